The normalized spacial score (nSPS) is 10.1. The number of unbranched alkanes of at least 4 members (excludes halogenated alkanes) is 9. The van der Waals surface area contributed by atoms with E-state index >= 15 is 0 Å². The summed E-state index contributed by atoms with van der Waals surface area (Å²) >= 11 is 0. The predicted molar refractivity (Wildman–Crippen MR) is 136 cm³/mol. The fourth-order valence-electron chi connectivity index (χ4n) is 2.89. The SMILES string of the molecule is CCCCCCCCCCCCS(=O)(=O)O.[NaH].[NaH].c1ccc(Oc2ccccc2)cc1. The topological polar surface area (TPSA) is 63.6 Å². The van der Waals surface area contributed by atoms with Crippen LogP contribution in [0.1, 0.15) is 71.1 Å². The third kappa shape index (κ3) is 21.7. The Morgan fingerprint density at radius 1 is 0.645 bits per heavy atom. The maximum atomic E-state index is 10.4. The maximum Gasteiger partial charge on any atom is 0.127 e. The molecule has 0 radical (unpaired) electrons. The van der Waals surface area contributed by atoms with Crippen molar-refractivity contribution < 1.29 is 17.7 Å². The maximum absolute atomic E-state index is 10.4. The molecule has 0 atom stereocenters. The van der Waals surface area contributed by atoms with Crippen molar-refractivity contribution in [3.63, 3.8) is 0 Å². The summed E-state index contributed by atoms with van der Waals surface area (Å²) in [6, 6.07) is 19.5. The van der Waals surface area contributed by atoms with Crippen molar-refractivity contribution >= 4 is 69.2 Å². The van der Waals surface area contributed by atoms with Gasteiger partial charge in [-0.1, -0.05) is 101 Å². The van der Waals surface area contributed by atoms with Crippen LogP contribution in [0.25, 0.3) is 0 Å². The second-order valence-electron chi connectivity index (χ2n) is 7.20. The number of para-hydroxylation sites is 2. The van der Waals surface area contributed by atoms with Crippen LogP contribution in [-0.2, 0) is 10.1 Å². The zero-order chi connectivity index (χ0) is 21.2. The number of benzene rings is 2. The van der Waals surface area contributed by atoms with Crippen molar-refractivity contribution in [1.82, 2.24) is 0 Å². The van der Waals surface area contributed by atoms with Crippen LogP contribution in [-0.4, -0.2) is 77.8 Å². The monoisotopic (exact) mass is 468 g/mol. The Labute approximate surface area is 233 Å². The Balaban J connectivity index is 0. The summed E-state index contributed by atoms with van der Waals surface area (Å²) in [4.78, 5) is 0. The van der Waals surface area contributed by atoms with E-state index in [1.807, 2.05) is 60.7 Å². The standard InChI is InChI=1S/C12H26O3S.C12H10O.2Na.2H/c1-2-3-4-5-6-7-8-9-10-11-12-16(13,14)15;1-3-7-11(8-4-1)13-12-9-5-2-6-10-12;;;;/h2-12H2,1H3,(H,13,14,15);1-10H;;;;. The van der Waals surface area contributed by atoms with Gasteiger partial charge in [0.05, 0.1) is 5.75 Å². The number of hydrogen-bond donors (Lipinski definition) is 1. The van der Waals surface area contributed by atoms with Gasteiger partial charge in [0.2, 0.25) is 0 Å². The average molecular weight is 469 g/mol. The van der Waals surface area contributed by atoms with Gasteiger partial charge in [0.15, 0.2) is 0 Å². The fourth-order valence-corrected chi connectivity index (χ4v) is 3.45. The molecule has 4 nitrogen and oxygen atoms in total. The van der Waals surface area contributed by atoms with Crippen LogP contribution < -0.4 is 4.74 Å². The van der Waals surface area contributed by atoms with E-state index in [1.54, 1.807) is 0 Å². The molecule has 0 amide bonds. The van der Waals surface area contributed by atoms with E-state index in [0.29, 0.717) is 6.42 Å². The first-order chi connectivity index (χ1) is 14.0. The zero-order valence-electron chi connectivity index (χ0n) is 17.6. The summed E-state index contributed by atoms with van der Waals surface area (Å²) in [5, 5.41) is 0. The van der Waals surface area contributed by atoms with Crippen LogP contribution in [0.15, 0.2) is 60.7 Å². The van der Waals surface area contributed by atoms with E-state index in [2.05, 4.69) is 6.92 Å². The molecular formula is C24H38Na2O4S. The molecule has 2 aromatic carbocycles. The molecule has 0 fully saturated rings. The van der Waals surface area contributed by atoms with E-state index in [0.717, 1.165) is 24.3 Å². The molecule has 0 saturated carbocycles. The smallest absolute Gasteiger partial charge is 0.127 e. The molecule has 2 aromatic rings. The summed E-state index contributed by atoms with van der Waals surface area (Å²) in [5.41, 5.74) is 0. The quantitative estimate of drug-likeness (QED) is 0.223. The Bertz CT molecular complexity index is 688. The molecule has 166 valence electrons. The first kappa shape index (κ1) is 33.3. The predicted octanol–water partition coefficient (Wildman–Crippen LogP) is 5.98. The van der Waals surface area contributed by atoms with Crippen molar-refractivity contribution in [3.05, 3.63) is 60.7 Å². The van der Waals surface area contributed by atoms with Crippen LogP contribution in [0, 0.1) is 0 Å². The largest absolute Gasteiger partial charge is 0.457 e. The molecule has 1 N–H and O–H groups in total. The summed E-state index contributed by atoms with van der Waals surface area (Å²) in [5.74, 6) is 1.66. The summed E-state index contributed by atoms with van der Waals surface area (Å²) < 4.78 is 34.9. The third-order valence-electron chi connectivity index (χ3n) is 4.48. The molecular weight excluding hydrogens is 430 g/mol. The zero-order valence-corrected chi connectivity index (χ0v) is 18.4. The van der Waals surface area contributed by atoms with Crippen molar-refractivity contribution in [2.75, 3.05) is 5.75 Å². The van der Waals surface area contributed by atoms with Gasteiger partial charge in [-0.05, 0) is 30.7 Å². The Morgan fingerprint density at radius 3 is 1.35 bits per heavy atom. The second-order valence-corrected chi connectivity index (χ2v) is 8.77. The van der Waals surface area contributed by atoms with Gasteiger partial charge in [0, 0.05) is 0 Å². The van der Waals surface area contributed by atoms with Gasteiger partial charge in [0.1, 0.15) is 11.5 Å². The molecule has 0 bridgehead atoms. The second kappa shape index (κ2) is 22.0. The summed E-state index contributed by atoms with van der Waals surface area (Å²) in [6.45, 7) is 2.22. The fraction of sp³-hybridized carbons (Fsp3) is 0.500. The number of hydrogen-bond acceptors (Lipinski definition) is 3. The third-order valence-corrected chi connectivity index (χ3v) is 5.28. The number of ether oxygens (including phenoxy) is 1. The minimum Gasteiger partial charge on any atom is -0.457 e. The van der Waals surface area contributed by atoms with Gasteiger partial charge in [-0.2, -0.15) is 8.42 Å². The molecule has 0 heterocycles. The molecule has 0 aliphatic heterocycles. The Hall–Kier alpha value is 0.150. The van der Waals surface area contributed by atoms with E-state index in [1.165, 1.54) is 44.9 Å². The molecule has 0 saturated heterocycles. The molecule has 0 unspecified atom stereocenters. The van der Waals surface area contributed by atoms with Crippen molar-refractivity contribution in [2.24, 2.45) is 0 Å². The Morgan fingerprint density at radius 2 is 1.00 bits per heavy atom. The van der Waals surface area contributed by atoms with Gasteiger partial charge in [0.25, 0.3) is 10.1 Å². The minimum absolute atomic E-state index is 0. The molecule has 31 heavy (non-hydrogen) atoms. The summed E-state index contributed by atoms with van der Waals surface area (Å²) in [7, 11) is -3.73. The van der Waals surface area contributed by atoms with Gasteiger partial charge in [-0.25, -0.2) is 0 Å². The minimum atomic E-state index is -3.73. The van der Waals surface area contributed by atoms with Crippen molar-refractivity contribution in [1.29, 1.82) is 0 Å². The van der Waals surface area contributed by atoms with Crippen molar-refractivity contribution in [2.45, 2.75) is 71.1 Å². The van der Waals surface area contributed by atoms with Crippen LogP contribution in [0.5, 0.6) is 11.5 Å². The van der Waals surface area contributed by atoms with Crippen LogP contribution in [0.3, 0.4) is 0 Å². The van der Waals surface area contributed by atoms with Gasteiger partial charge >= 0.3 is 59.1 Å². The van der Waals surface area contributed by atoms with Crippen LogP contribution in [0.4, 0.5) is 0 Å². The van der Waals surface area contributed by atoms with E-state index < -0.39 is 10.1 Å². The average Bonchev–Trinajstić information content (AvgIpc) is 2.71. The van der Waals surface area contributed by atoms with Gasteiger partial charge in [-0.15, -0.1) is 0 Å². The van der Waals surface area contributed by atoms with E-state index in [9.17, 15) is 8.42 Å². The molecule has 0 spiro atoms. The first-order valence-electron chi connectivity index (χ1n) is 10.7. The van der Waals surface area contributed by atoms with E-state index in [4.69, 9.17) is 9.29 Å². The molecule has 0 aromatic heterocycles. The number of rotatable bonds is 13. The molecule has 7 heteroatoms. The van der Waals surface area contributed by atoms with Crippen LogP contribution in [0.2, 0.25) is 0 Å². The summed E-state index contributed by atoms with van der Waals surface area (Å²) in [6.07, 6.45) is 11.7. The first-order valence-corrected chi connectivity index (χ1v) is 12.4. The molecule has 2 rings (SSSR count). The molecule has 0 aliphatic rings. The Kier molecular flexibility index (Phi) is 23.6. The van der Waals surface area contributed by atoms with E-state index in [-0.39, 0.29) is 64.9 Å². The van der Waals surface area contributed by atoms with Gasteiger partial charge in [-0.3, -0.25) is 4.55 Å². The van der Waals surface area contributed by atoms with Gasteiger partial charge < -0.3 is 4.74 Å². The molecule has 0 aliphatic carbocycles. The van der Waals surface area contributed by atoms with Crippen molar-refractivity contribution in [3.8, 4) is 11.5 Å². The van der Waals surface area contributed by atoms with Crippen LogP contribution >= 0.6 is 0 Å².